The minimum absolute atomic E-state index is 0. The van der Waals surface area contributed by atoms with Crippen LogP contribution in [-0.2, 0) is 6.42 Å². The van der Waals surface area contributed by atoms with Crippen LogP contribution in [0.5, 0.6) is 11.5 Å². The fraction of sp³-hybridized carbons (Fsp3) is 0.611. The number of methoxy groups -OCH3 is 2. The van der Waals surface area contributed by atoms with E-state index < -0.39 is 0 Å². The number of hydrogen-bond acceptors (Lipinski definition) is 3. The van der Waals surface area contributed by atoms with Crippen molar-refractivity contribution in [2.75, 3.05) is 20.8 Å². The first-order valence-electron chi connectivity index (χ1n) is 8.50. The number of rotatable bonds is 6. The minimum atomic E-state index is 0. The number of aliphatic imine (C=N–C) groups is 1. The summed E-state index contributed by atoms with van der Waals surface area (Å²) in [7, 11) is 3.34. The highest BCUT2D eigenvalue weighted by atomic mass is 127. The molecular weight excluding hydrogens is 417 g/mol. The van der Waals surface area contributed by atoms with Crippen LogP contribution in [0.25, 0.3) is 0 Å². The van der Waals surface area contributed by atoms with Gasteiger partial charge >= 0.3 is 0 Å². The largest absolute Gasteiger partial charge is 0.497 e. The fourth-order valence-electron chi connectivity index (χ4n) is 3.05. The first kappa shape index (κ1) is 20.9. The molecule has 0 radical (unpaired) electrons. The molecule has 0 unspecified atom stereocenters. The van der Waals surface area contributed by atoms with E-state index in [4.69, 9.17) is 15.2 Å². The molecule has 0 aromatic heterocycles. The van der Waals surface area contributed by atoms with Crippen LogP contribution in [0.3, 0.4) is 0 Å². The van der Waals surface area contributed by atoms with Crippen molar-refractivity contribution in [1.82, 2.24) is 5.32 Å². The summed E-state index contributed by atoms with van der Waals surface area (Å²) < 4.78 is 10.7. The Hall–Kier alpha value is -1.18. The van der Waals surface area contributed by atoms with Gasteiger partial charge in [0.25, 0.3) is 0 Å². The SMILES string of the molecule is COc1ccc(OC)c(CCN=C(N)NC2CCCCCC2)c1.I. The number of benzene rings is 1. The van der Waals surface area contributed by atoms with E-state index in [2.05, 4.69) is 10.3 Å². The van der Waals surface area contributed by atoms with Gasteiger partial charge in [-0.15, -0.1) is 24.0 Å². The maximum atomic E-state index is 6.03. The van der Waals surface area contributed by atoms with Gasteiger partial charge in [0.2, 0.25) is 0 Å². The van der Waals surface area contributed by atoms with Crippen LogP contribution >= 0.6 is 24.0 Å². The number of ether oxygens (including phenoxy) is 2. The second-order valence-corrected chi connectivity index (χ2v) is 6.03. The first-order valence-corrected chi connectivity index (χ1v) is 8.50. The van der Waals surface area contributed by atoms with Crippen molar-refractivity contribution in [2.24, 2.45) is 10.7 Å². The molecule has 2 rings (SSSR count). The van der Waals surface area contributed by atoms with Crippen LogP contribution in [0.4, 0.5) is 0 Å². The van der Waals surface area contributed by atoms with E-state index in [1.165, 1.54) is 38.5 Å². The summed E-state index contributed by atoms with van der Waals surface area (Å²) in [5.74, 6) is 2.24. The summed E-state index contributed by atoms with van der Waals surface area (Å²) in [6.07, 6.45) is 8.40. The van der Waals surface area contributed by atoms with Gasteiger partial charge in [-0.25, -0.2) is 0 Å². The normalized spacial score (nSPS) is 16.0. The molecule has 0 amide bonds. The highest BCUT2D eigenvalue weighted by Gasteiger charge is 2.12. The average Bonchev–Trinajstić information content (AvgIpc) is 2.83. The van der Waals surface area contributed by atoms with E-state index in [0.717, 1.165) is 23.5 Å². The lowest BCUT2D eigenvalue weighted by Crippen LogP contribution is -2.40. The van der Waals surface area contributed by atoms with E-state index in [9.17, 15) is 0 Å². The van der Waals surface area contributed by atoms with Crippen LogP contribution in [0.2, 0.25) is 0 Å². The number of halogens is 1. The number of nitrogens with two attached hydrogens (primary N) is 1. The third-order valence-electron chi connectivity index (χ3n) is 4.36. The quantitative estimate of drug-likeness (QED) is 0.303. The van der Waals surface area contributed by atoms with E-state index >= 15 is 0 Å². The lowest BCUT2D eigenvalue weighted by Gasteiger charge is -2.16. The van der Waals surface area contributed by atoms with Crippen molar-refractivity contribution < 1.29 is 9.47 Å². The molecule has 136 valence electrons. The van der Waals surface area contributed by atoms with E-state index in [1.54, 1.807) is 14.2 Å². The van der Waals surface area contributed by atoms with Gasteiger partial charge in [0.05, 0.1) is 14.2 Å². The Kier molecular flexibility index (Phi) is 9.90. The molecule has 0 aliphatic heterocycles. The van der Waals surface area contributed by atoms with E-state index in [-0.39, 0.29) is 24.0 Å². The molecule has 1 aliphatic rings. The predicted octanol–water partition coefficient (Wildman–Crippen LogP) is 3.49. The van der Waals surface area contributed by atoms with Crippen molar-refractivity contribution in [3.63, 3.8) is 0 Å². The van der Waals surface area contributed by atoms with Gasteiger partial charge in [0.15, 0.2) is 5.96 Å². The summed E-state index contributed by atoms with van der Waals surface area (Å²) in [5, 5.41) is 3.37. The van der Waals surface area contributed by atoms with Crippen molar-refractivity contribution >= 4 is 29.9 Å². The summed E-state index contributed by atoms with van der Waals surface area (Å²) in [4.78, 5) is 4.46. The van der Waals surface area contributed by atoms with E-state index in [1.807, 2.05) is 18.2 Å². The molecule has 3 N–H and O–H groups in total. The highest BCUT2D eigenvalue weighted by molar-refractivity contribution is 14.0. The molecule has 1 fully saturated rings. The van der Waals surface area contributed by atoms with Crippen molar-refractivity contribution in [2.45, 2.75) is 51.0 Å². The third kappa shape index (κ3) is 6.75. The Balaban J connectivity index is 0.00000288. The smallest absolute Gasteiger partial charge is 0.188 e. The molecule has 1 saturated carbocycles. The third-order valence-corrected chi connectivity index (χ3v) is 4.36. The lowest BCUT2D eigenvalue weighted by molar-refractivity contribution is 0.399. The minimum Gasteiger partial charge on any atom is -0.497 e. The molecular formula is C18H30IN3O2. The Morgan fingerprint density at radius 1 is 1.17 bits per heavy atom. The summed E-state index contributed by atoms with van der Waals surface area (Å²) >= 11 is 0. The number of guanidine groups is 1. The number of hydrogen-bond donors (Lipinski definition) is 2. The summed E-state index contributed by atoms with van der Waals surface area (Å²) in [6.45, 7) is 0.634. The van der Waals surface area contributed by atoms with Gasteiger partial charge in [0, 0.05) is 12.6 Å². The van der Waals surface area contributed by atoms with Crippen LogP contribution in [0.1, 0.15) is 44.1 Å². The zero-order valence-corrected chi connectivity index (χ0v) is 17.0. The second-order valence-electron chi connectivity index (χ2n) is 6.03. The molecule has 1 aromatic carbocycles. The Morgan fingerprint density at radius 2 is 1.88 bits per heavy atom. The second kappa shape index (κ2) is 11.4. The Bertz CT molecular complexity index is 515. The van der Waals surface area contributed by atoms with Gasteiger partial charge < -0.3 is 20.5 Å². The topological polar surface area (TPSA) is 68.9 Å². The summed E-state index contributed by atoms with van der Waals surface area (Å²) in [5.41, 5.74) is 7.11. The predicted molar refractivity (Wildman–Crippen MR) is 110 cm³/mol. The number of nitrogens with one attached hydrogen (secondary N) is 1. The van der Waals surface area contributed by atoms with Gasteiger partial charge in [-0.3, -0.25) is 4.99 Å². The zero-order chi connectivity index (χ0) is 16.5. The standard InChI is InChI=1S/C18H29N3O2.HI/c1-22-16-9-10-17(23-2)14(13-16)11-12-20-18(19)21-15-7-5-3-4-6-8-15;/h9-10,13,15H,3-8,11-12H2,1-2H3,(H3,19,20,21);1H. The molecule has 24 heavy (non-hydrogen) atoms. The molecule has 6 heteroatoms. The summed E-state index contributed by atoms with van der Waals surface area (Å²) in [6, 6.07) is 6.29. The Labute approximate surface area is 162 Å². The Morgan fingerprint density at radius 3 is 2.50 bits per heavy atom. The molecule has 5 nitrogen and oxygen atoms in total. The molecule has 0 spiro atoms. The van der Waals surface area contributed by atoms with Gasteiger partial charge in [-0.05, 0) is 43.0 Å². The van der Waals surface area contributed by atoms with Gasteiger partial charge in [0.1, 0.15) is 11.5 Å². The molecule has 1 aliphatic carbocycles. The van der Waals surface area contributed by atoms with Crippen LogP contribution < -0.4 is 20.5 Å². The maximum Gasteiger partial charge on any atom is 0.188 e. The fourth-order valence-corrected chi connectivity index (χ4v) is 3.05. The molecule has 1 aromatic rings. The monoisotopic (exact) mass is 447 g/mol. The zero-order valence-electron chi connectivity index (χ0n) is 14.7. The van der Waals surface area contributed by atoms with Gasteiger partial charge in [-0.1, -0.05) is 25.7 Å². The number of nitrogens with zero attached hydrogens (tertiary/aromatic N) is 1. The van der Waals surface area contributed by atoms with Crippen LogP contribution in [0, 0.1) is 0 Å². The van der Waals surface area contributed by atoms with Gasteiger partial charge in [-0.2, -0.15) is 0 Å². The van der Waals surface area contributed by atoms with Crippen LogP contribution in [0.15, 0.2) is 23.2 Å². The van der Waals surface area contributed by atoms with Crippen LogP contribution in [-0.4, -0.2) is 32.8 Å². The first-order chi connectivity index (χ1) is 11.2. The highest BCUT2D eigenvalue weighted by Crippen LogP contribution is 2.24. The lowest BCUT2D eigenvalue weighted by atomic mass is 10.1. The molecule has 0 atom stereocenters. The van der Waals surface area contributed by atoms with Crippen molar-refractivity contribution in [1.29, 1.82) is 0 Å². The van der Waals surface area contributed by atoms with E-state index in [0.29, 0.717) is 18.5 Å². The van der Waals surface area contributed by atoms with Crippen molar-refractivity contribution in [3.8, 4) is 11.5 Å². The van der Waals surface area contributed by atoms with Crippen molar-refractivity contribution in [3.05, 3.63) is 23.8 Å². The molecule has 0 bridgehead atoms. The molecule has 0 saturated heterocycles. The average molecular weight is 447 g/mol. The molecule has 0 heterocycles. The maximum absolute atomic E-state index is 6.03.